The first-order valence-electron chi connectivity index (χ1n) is 12.8. The van der Waals surface area contributed by atoms with Crippen LogP contribution in [-0.4, -0.2) is 60.1 Å². The van der Waals surface area contributed by atoms with Gasteiger partial charge in [-0.25, -0.2) is 8.42 Å². The quantitative estimate of drug-likeness (QED) is 0.357. The van der Waals surface area contributed by atoms with Crippen molar-refractivity contribution >= 4 is 27.7 Å². The van der Waals surface area contributed by atoms with E-state index in [0.717, 1.165) is 27.6 Å². The van der Waals surface area contributed by atoms with Gasteiger partial charge in [-0.3, -0.25) is 4.79 Å². The van der Waals surface area contributed by atoms with E-state index < -0.39 is 10.0 Å². The minimum atomic E-state index is -3.91. The van der Waals surface area contributed by atoms with Crippen molar-refractivity contribution in [3.05, 3.63) is 59.5 Å². The van der Waals surface area contributed by atoms with Crippen molar-refractivity contribution in [3.63, 3.8) is 0 Å². The zero-order valence-electron chi connectivity index (χ0n) is 22.9. The highest BCUT2D eigenvalue weighted by atomic mass is 32.2. The maximum atomic E-state index is 13.4. The fourth-order valence-corrected chi connectivity index (χ4v) is 6.13. The molecular weight excluding hydrogens is 520 g/mol. The monoisotopic (exact) mass is 556 g/mol. The first-order valence-corrected chi connectivity index (χ1v) is 15.4. The first kappa shape index (κ1) is 28.3. The molecule has 1 fully saturated rings. The lowest BCUT2D eigenvalue weighted by Gasteiger charge is -2.31. The van der Waals surface area contributed by atoms with Gasteiger partial charge in [-0.05, 0) is 54.2 Å². The molecule has 0 aliphatic carbocycles. The largest absolute Gasteiger partial charge is 0.339 e. The fourth-order valence-electron chi connectivity index (χ4n) is 4.41. The summed E-state index contributed by atoms with van der Waals surface area (Å²) in [7, 11) is -2.44. The van der Waals surface area contributed by atoms with Gasteiger partial charge in [-0.15, -0.1) is 11.8 Å². The van der Waals surface area contributed by atoms with E-state index in [9.17, 15) is 13.2 Å². The summed E-state index contributed by atoms with van der Waals surface area (Å²) in [5, 5.41) is 4.04. The second kappa shape index (κ2) is 11.2. The van der Waals surface area contributed by atoms with Crippen LogP contribution in [0.3, 0.4) is 0 Å². The van der Waals surface area contributed by atoms with Gasteiger partial charge >= 0.3 is 0 Å². The molecule has 0 N–H and O–H groups in total. The summed E-state index contributed by atoms with van der Waals surface area (Å²) in [4.78, 5) is 20.4. The number of carbonyl (C=O) groups excluding carboxylic acids is 1. The van der Waals surface area contributed by atoms with Crippen LogP contribution in [0, 0.1) is 5.92 Å². The summed E-state index contributed by atoms with van der Waals surface area (Å²) in [6.07, 6.45) is 3.79. The van der Waals surface area contributed by atoms with Gasteiger partial charge in [-0.1, -0.05) is 57.1 Å². The average Bonchev–Trinajstić information content (AvgIpc) is 3.36. The summed E-state index contributed by atoms with van der Waals surface area (Å²) in [6.45, 7) is 9.90. The van der Waals surface area contributed by atoms with Gasteiger partial charge in [0.25, 0.3) is 5.91 Å². The van der Waals surface area contributed by atoms with Crippen LogP contribution in [0.1, 0.15) is 62.3 Å². The van der Waals surface area contributed by atoms with Crippen molar-refractivity contribution in [2.45, 2.75) is 62.3 Å². The molecule has 1 aliphatic rings. The normalized spacial score (nSPS) is 15.3. The molecule has 2 aromatic carbocycles. The molecule has 1 amide bonds. The van der Waals surface area contributed by atoms with Crippen LogP contribution >= 0.6 is 11.8 Å². The Bertz CT molecular complexity index is 1390. The lowest BCUT2D eigenvalue weighted by molar-refractivity contribution is 0.0693. The summed E-state index contributed by atoms with van der Waals surface area (Å²) in [5.74, 6) is 1.05. The second-order valence-electron chi connectivity index (χ2n) is 10.9. The third kappa shape index (κ3) is 6.13. The van der Waals surface area contributed by atoms with E-state index in [-0.39, 0.29) is 28.7 Å². The molecule has 38 heavy (non-hydrogen) atoms. The maximum absolute atomic E-state index is 13.4. The number of likely N-dealkylation sites (tertiary alicyclic amines) is 1. The second-order valence-corrected chi connectivity index (χ2v) is 13.8. The summed E-state index contributed by atoms with van der Waals surface area (Å²) in [6, 6.07) is 12.7. The predicted molar refractivity (Wildman–Crippen MR) is 150 cm³/mol. The minimum Gasteiger partial charge on any atom is -0.339 e. The summed E-state index contributed by atoms with van der Waals surface area (Å²) < 4.78 is 33.4. The molecular formula is C28H36N4O4S2. The Morgan fingerprint density at radius 2 is 1.79 bits per heavy atom. The van der Waals surface area contributed by atoms with Crippen LogP contribution < -0.4 is 0 Å². The number of benzene rings is 2. The van der Waals surface area contributed by atoms with Crippen molar-refractivity contribution < 1.29 is 17.7 Å². The smallest absolute Gasteiger partial charge is 0.255 e. The van der Waals surface area contributed by atoms with Gasteiger partial charge in [0.2, 0.25) is 21.7 Å². The minimum absolute atomic E-state index is 0.0306. The van der Waals surface area contributed by atoms with Crippen LogP contribution in [-0.2, 0) is 22.0 Å². The summed E-state index contributed by atoms with van der Waals surface area (Å²) in [5.41, 5.74) is 2.43. The Kier molecular flexibility index (Phi) is 8.34. The van der Waals surface area contributed by atoms with Gasteiger partial charge in [0.15, 0.2) is 0 Å². The molecule has 1 saturated heterocycles. The van der Waals surface area contributed by atoms with Gasteiger partial charge in [0, 0.05) is 30.6 Å². The first-order chi connectivity index (χ1) is 17.9. The average molecular weight is 557 g/mol. The molecule has 10 heteroatoms. The topological polar surface area (TPSA) is 96.6 Å². The Hall–Kier alpha value is -2.69. The fraction of sp³-hybridized carbons (Fsp3) is 0.464. The Morgan fingerprint density at radius 1 is 1.13 bits per heavy atom. The molecule has 2 heterocycles. The van der Waals surface area contributed by atoms with Crippen molar-refractivity contribution in [1.82, 2.24) is 19.3 Å². The predicted octanol–water partition coefficient (Wildman–Crippen LogP) is 5.45. The molecule has 0 radical (unpaired) electrons. The van der Waals surface area contributed by atoms with E-state index in [1.54, 1.807) is 12.1 Å². The highest BCUT2D eigenvalue weighted by molar-refractivity contribution is 7.98. The molecule has 4 rings (SSSR count). The number of piperidine rings is 1. The van der Waals surface area contributed by atoms with Crippen LogP contribution in [0.25, 0.3) is 11.4 Å². The number of sulfonamides is 1. The number of hydrogen-bond donors (Lipinski definition) is 0. The molecule has 0 spiro atoms. The van der Waals surface area contributed by atoms with Gasteiger partial charge in [0.05, 0.1) is 17.0 Å². The molecule has 0 saturated carbocycles. The number of rotatable bonds is 7. The molecule has 1 aliphatic heterocycles. The van der Waals surface area contributed by atoms with E-state index in [1.165, 1.54) is 30.4 Å². The molecule has 0 atom stereocenters. The van der Waals surface area contributed by atoms with Crippen molar-refractivity contribution in [2.75, 3.05) is 26.4 Å². The number of nitrogens with zero attached hydrogens (tertiary/aromatic N) is 4. The van der Waals surface area contributed by atoms with Crippen LogP contribution in [0.4, 0.5) is 0 Å². The zero-order valence-corrected chi connectivity index (χ0v) is 24.5. The van der Waals surface area contributed by atoms with Gasteiger partial charge < -0.3 is 9.42 Å². The number of aromatic nitrogens is 2. The highest BCUT2D eigenvalue weighted by Crippen LogP contribution is 2.29. The zero-order chi connectivity index (χ0) is 27.7. The van der Waals surface area contributed by atoms with Crippen LogP contribution in [0.15, 0.2) is 56.8 Å². The molecule has 0 bridgehead atoms. The number of amides is 1. The van der Waals surface area contributed by atoms with E-state index in [4.69, 9.17) is 4.52 Å². The van der Waals surface area contributed by atoms with Crippen molar-refractivity contribution in [2.24, 2.45) is 5.92 Å². The van der Waals surface area contributed by atoms with E-state index >= 15 is 0 Å². The summed E-state index contributed by atoms with van der Waals surface area (Å²) >= 11 is 1.43. The van der Waals surface area contributed by atoms with E-state index in [2.05, 4.69) is 37.8 Å². The van der Waals surface area contributed by atoms with Gasteiger partial charge in [0.1, 0.15) is 0 Å². The third-order valence-electron chi connectivity index (χ3n) is 7.02. The lowest BCUT2D eigenvalue weighted by Crippen LogP contribution is -2.38. The van der Waals surface area contributed by atoms with E-state index in [0.29, 0.717) is 30.4 Å². The lowest BCUT2D eigenvalue weighted by atomic mass is 9.87. The van der Waals surface area contributed by atoms with E-state index in [1.807, 2.05) is 35.4 Å². The molecule has 3 aromatic rings. The Labute approximate surface area is 229 Å². The molecule has 204 valence electrons. The number of thioether (sulfide) groups is 1. The van der Waals surface area contributed by atoms with Crippen molar-refractivity contribution in [3.8, 4) is 11.4 Å². The Balaban J connectivity index is 1.52. The molecule has 0 unspecified atom stereocenters. The Morgan fingerprint density at radius 3 is 2.39 bits per heavy atom. The van der Waals surface area contributed by atoms with Crippen LogP contribution in [0.5, 0.6) is 0 Å². The third-order valence-corrected chi connectivity index (χ3v) is 9.61. The standard InChI is InChI=1S/C28H36N4O4S2/c1-19-13-15-32(16-14-19)27(33)23-17-22(11-12-24(23)37-6)38(34,35)31(5)18-25-29-26(30-36-25)20-7-9-21(10-8-20)28(2,3)4/h7-12,17,19H,13-16,18H2,1-6H3. The van der Waals surface area contributed by atoms with Gasteiger partial charge in [-0.2, -0.15) is 9.29 Å². The SMILES string of the molecule is CSc1ccc(S(=O)(=O)N(C)Cc2nc(-c3ccc(C(C)(C)C)cc3)no2)cc1C(=O)N1CCC(C)CC1. The molecule has 1 aromatic heterocycles. The maximum Gasteiger partial charge on any atom is 0.255 e. The van der Waals surface area contributed by atoms with Crippen LogP contribution in [0.2, 0.25) is 0 Å². The number of carbonyl (C=O) groups is 1. The molecule has 8 nitrogen and oxygen atoms in total. The highest BCUT2D eigenvalue weighted by Gasteiger charge is 2.28. The number of hydrogen-bond acceptors (Lipinski definition) is 7. The van der Waals surface area contributed by atoms with Crippen molar-refractivity contribution in [1.29, 1.82) is 0 Å².